The van der Waals surface area contributed by atoms with E-state index in [1.54, 1.807) is 12.5 Å². The van der Waals surface area contributed by atoms with E-state index in [1.165, 1.54) is 0 Å². The fraction of sp³-hybridized carbons (Fsp3) is 0.588. The Labute approximate surface area is 147 Å². The molecule has 0 radical (unpaired) electrons. The second-order valence-corrected chi connectivity index (χ2v) is 6.95. The standard InChI is InChI=1S/C17H26N6O2/c1-12-18-17(21-20-12)14-4-6-23(8-13-5-7-25-11-13)9-15(14)19-16(24)10-22(2)3/h5,7,11,14-15H,4,6,8-10H2,1-3H3,(H,19,24)(H,18,20,21)/t14-,15+/m0/s1. The van der Waals surface area contributed by atoms with Gasteiger partial charge in [0.1, 0.15) is 5.82 Å². The number of H-pyrrole nitrogens is 1. The minimum Gasteiger partial charge on any atom is -0.472 e. The molecule has 0 unspecified atom stereocenters. The maximum atomic E-state index is 12.3. The van der Waals surface area contributed by atoms with Crippen molar-refractivity contribution in [1.82, 2.24) is 30.3 Å². The number of carbonyl (C=O) groups is 1. The van der Waals surface area contributed by atoms with Gasteiger partial charge in [-0.3, -0.25) is 14.8 Å². The third-order valence-corrected chi connectivity index (χ3v) is 4.44. The number of likely N-dealkylation sites (N-methyl/N-ethyl adjacent to an activating group) is 1. The van der Waals surface area contributed by atoms with Gasteiger partial charge in [0.15, 0.2) is 5.82 Å². The molecule has 8 heteroatoms. The van der Waals surface area contributed by atoms with E-state index in [4.69, 9.17) is 4.42 Å². The van der Waals surface area contributed by atoms with Crippen molar-refractivity contribution in [3.63, 3.8) is 0 Å². The maximum Gasteiger partial charge on any atom is 0.234 e. The largest absolute Gasteiger partial charge is 0.472 e. The number of hydrogen-bond donors (Lipinski definition) is 2. The van der Waals surface area contributed by atoms with Crippen LogP contribution in [0.1, 0.15) is 29.6 Å². The number of piperidine rings is 1. The monoisotopic (exact) mass is 346 g/mol. The van der Waals surface area contributed by atoms with Crippen molar-refractivity contribution in [3.05, 3.63) is 35.8 Å². The highest BCUT2D eigenvalue weighted by Crippen LogP contribution is 2.27. The summed E-state index contributed by atoms with van der Waals surface area (Å²) >= 11 is 0. The summed E-state index contributed by atoms with van der Waals surface area (Å²) in [5.74, 6) is 1.74. The van der Waals surface area contributed by atoms with Gasteiger partial charge in [-0.15, -0.1) is 0 Å². The third-order valence-electron chi connectivity index (χ3n) is 4.44. The Kier molecular flexibility index (Phi) is 5.50. The lowest BCUT2D eigenvalue weighted by Crippen LogP contribution is -2.53. The summed E-state index contributed by atoms with van der Waals surface area (Å²) in [6.45, 7) is 4.78. The van der Waals surface area contributed by atoms with Crippen LogP contribution in [0.4, 0.5) is 0 Å². The SMILES string of the molecule is Cc1nc([C@H]2CCN(Cc3ccoc3)C[C@H]2NC(=O)CN(C)C)n[nH]1. The second kappa shape index (κ2) is 7.79. The number of nitrogens with one attached hydrogen (secondary N) is 2. The minimum atomic E-state index is -0.0108. The molecule has 2 atom stereocenters. The number of hydrogen-bond acceptors (Lipinski definition) is 6. The van der Waals surface area contributed by atoms with Crippen LogP contribution in [0.25, 0.3) is 0 Å². The first-order chi connectivity index (χ1) is 12.0. The van der Waals surface area contributed by atoms with Gasteiger partial charge in [0.05, 0.1) is 25.1 Å². The smallest absolute Gasteiger partial charge is 0.234 e. The van der Waals surface area contributed by atoms with Crippen molar-refractivity contribution < 1.29 is 9.21 Å². The lowest BCUT2D eigenvalue weighted by molar-refractivity contribution is -0.123. The predicted octanol–water partition coefficient (Wildman–Crippen LogP) is 0.742. The average molecular weight is 346 g/mol. The fourth-order valence-corrected chi connectivity index (χ4v) is 3.32. The number of nitrogens with zero attached hydrogens (tertiary/aromatic N) is 4. The highest BCUT2D eigenvalue weighted by Gasteiger charge is 2.34. The summed E-state index contributed by atoms with van der Waals surface area (Å²) in [6.07, 6.45) is 4.36. The van der Waals surface area contributed by atoms with E-state index in [1.807, 2.05) is 32.0 Å². The molecule has 25 heavy (non-hydrogen) atoms. The second-order valence-electron chi connectivity index (χ2n) is 6.95. The van der Waals surface area contributed by atoms with Crippen LogP contribution in [0.2, 0.25) is 0 Å². The van der Waals surface area contributed by atoms with Crippen LogP contribution in [0.15, 0.2) is 23.0 Å². The molecule has 8 nitrogen and oxygen atoms in total. The van der Waals surface area contributed by atoms with Crippen molar-refractivity contribution in [2.75, 3.05) is 33.7 Å². The van der Waals surface area contributed by atoms with E-state index in [0.29, 0.717) is 6.54 Å². The van der Waals surface area contributed by atoms with Gasteiger partial charge in [-0.05, 0) is 40.1 Å². The molecular formula is C17H26N6O2. The quantitative estimate of drug-likeness (QED) is 0.802. The number of aromatic nitrogens is 3. The topological polar surface area (TPSA) is 90.3 Å². The molecule has 0 bridgehead atoms. The van der Waals surface area contributed by atoms with Gasteiger partial charge >= 0.3 is 0 Å². The molecular weight excluding hydrogens is 320 g/mol. The van der Waals surface area contributed by atoms with Gasteiger partial charge in [-0.1, -0.05) is 0 Å². The van der Waals surface area contributed by atoms with Gasteiger partial charge in [0.25, 0.3) is 0 Å². The molecule has 3 rings (SSSR count). The Hall–Kier alpha value is -2.19. The Bertz CT molecular complexity index is 681. The summed E-state index contributed by atoms with van der Waals surface area (Å²) in [7, 11) is 3.78. The third kappa shape index (κ3) is 4.67. The Morgan fingerprint density at radius 2 is 2.36 bits per heavy atom. The van der Waals surface area contributed by atoms with Gasteiger partial charge < -0.3 is 14.6 Å². The van der Waals surface area contributed by atoms with Crippen LogP contribution in [-0.2, 0) is 11.3 Å². The molecule has 1 aliphatic rings. The summed E-state index contributed by atoms with van der Waals surface area (Å²) in [4.78, 5) is 21.0. The minimum absolute atomic E-state index is 0.0108. The first kappa shape index (κ1) is 17.6. The first-order valence-electron chi connectivity index (χ1n) is 8.57. The molecule has 1 fully saturated rings. The van der Waals surface area contributed by atoms with Gasteiger partial charge in [0, 0.05) is 24.6 Å². The normalized spacial score (nSPS) is 21.6. The maximum absolute atomic E-state index is 12.3. The molecule has 0 aliphatic carbocycles. The lowest BCUT2D eigenvalue weighted by atomic mass is 9.90. The molecule has 1 saturated heterocycles. The molecule has 1 aliphatic heterocycles. The molecule has 2 aromatic heterocycles. The van der Waals surface area contributed by atoms with Gasteiger partial charge in [-0.25, -0.2) is 4.98 Å². The van der Waals surface area contributed by atoms with Crippen LogP contribution in [0.3, 0.4) is 0 Å². The Morgan fingerprint density at radius 1 is 1.52 bits per heavy atom. The molecule has 3 heterocycles. The van der Waals surface area contributed by atoms with Crippen molar-refractivity contribution in [1.29, 1.82) is 0 Å². The zero-order valence-electron chi connectivity index (χ0n) is 15.0. The van der Waals surface area contributed by atoms with E-state index < -0.39 is 0 Å². The Morgan fingerprint density at radius 3 is 3.00 bits per heavy atom. The summed E-state index contributed by atoms with van der Waals surface area (Å²) in [5.41, 5.74) is 1.14. The van der Waals surface area contributed by atoms with E-state index >= 15 is 0 Å². The van der Waals surface area contributed by atoms with Crippen LogP contribution < -0.4 is 5.32 Å². The fourth-order valence-electron chi connectivity index (χ4n) is 3.32. The molecule has 136 valence electrons. The summed E-state index contributed by atoms with van der Waals surface area (Å²) < 4.78 is 5.16. The summed E-state index contributed by atoms with van der Waals surface area (Å²) in [5, 5.41) is 10.4. The number of furan rings is 1. The summed E-state index contributed by atoms with van der Waals surface area (Å²) in [6, 6.07) is 1.97. The van der Waals surface area contributed by atoms with Gasteiger partial charge in [-0.2, -0.15) is 5.10 Å². The number of aryl methyl sites for hydroxylation is 1. The van der Waals surface area contributed by atoms with Crippen LogP contribution in [0, 0.1) is 6.92 Å². The van der Waals surface area contributed by atoms with E-state index in [9.17, 15) is 4.79 Å². The molecule has 1 amide bonds. The van der Waals surface area contributed by atoms with E-state index in [0.717, 1.165) is 43.3 Å². The molecule has 0 saturated carbocycles. The van der Waals surface area contributed by atoms with Crippen LogP contribution in [0.5, 0.6) is 0 Å². The Balaban J connectivity index is 1.70. The zero-order chi connectivity index (χ0) is 17.8. The van der Waals surface area contributed by atoms with Crippen molar-refractivity contribution in [2.24, 2.45) is 0 Å². The predicted molar refractivity (Wildman–Crippen MR) is 92.9 cm³/mol. The number of carbonyl (C=O) groups excluding carboxylic acids is 1. The highest BCUT2D eigenvalue weighted by atomic mass is 16.3. The van der Waals surface area contributed by atoms with Crippen molar-refractivity contribution in [3.8, 4) is 0 Å². The van der Waals surface area contributed by atoms with Crippen molar-refractivity contribution >= 4 is 5.91 Å². The number of amides is 1. The number of likely N-dealkylation sites (tertiary alicyclic amines) is 1. The average Bonchev–Trinajstić information content (AvgIpc) is 3.18. The first-order valence-corrected chi connectivity index (χ1v) is 8.57. The number of aromatic amines is 1. The highest BCUT2D eigenvalue weighted by molar-refractivity contribution is 5.78. The molecule has 2 N–H and O–H groups in total. The molecule has 2 aromatic rings. The number of rotatable bonds is 6. The van der Waals surface area contributed by atoms with Crippen LogP contribution in [-0.4, -0.2) is 70.7 Å². The van der Waals surface area contributed by atoms with E-state index in [-0.39, 0.29) is 17.9 Å². The van der Waals surface area contributed by atoms with E-state index in [2.05, 4.69) is 25.4 Å². The molecule has 0 aromatic carbocycles. The van der Waals surface area contributed by atoms with Crippen molar-refractivity contribution in [2.45, 2.75) is 31.8 Å². The van der Waals surface area contributed by atoms with Gasteiger partial charge in [0.2, 0.25) is 5.91 Å². The lowest BCUT2D eigenvalue weighted by Gasteiger charge is -2.37. The zero-order valence-corrected chi connectivity index (χ0v) is 15.0. The molecule has 0 spiro atoms. The van der Waals surface area contributed by atoms with Crippen LogP contribution >= 0.6 is 0 Å².